The molecular weight excluding hydrogens is 214 g/mol. The Balaban J connectivity index is 2.08. The van der Waals surface area contributed by atoms with Crippen LogP contribution in [0.25, 0.3) is 0 Å². The molecule has 0 saturated carbocycles. The standard InChI is InChI=1S/C13H13N3O/c1-2-11-5-8-16(9-6-11)15-13(17)12-4-3-7-14-10-12/h3-10H,2H2,1H3/p+1. The molecule has 17 heavy (non-hydrogen) atoms. The van der Waals surface area contributed by atoms with E-state index >= 15 is 0 Å². The largest absolute Gasteiger partial charge is 0.306 e. The molecule has 2 heterocycles. The second-order valence-corrected chi connectivity index (χ2v) is 3.65. The Morgan fingerprint density at radius 2 is 2.12 bits per heavy atom. The highest BCUT2D eigenvalue weighted by Crippen LogP contribution is 1.96. The van der Waals surface area contributed by atoms with Gasteiger partial charge in [0.1, 0.15) is 0 Å². The van der Waals surface area contributed by atoms with E-state index in [9.17, 15) is 4.79 Å². The second-order valence-electron chi connectivity index (χ2n) is 3.65. The Morgan fingerprint density at radius 1 is 1.35 bits per heavy atom. The van der Waals surface area contributed by atoms with Gasteiger partial charge in [0.05, 0.1) is 5.56 Å². The fraction of sp³-hybridized carbons (Fsp3) is 0.154. The fourth-order valence-corrected chi connectivity index (χ4v) is 1.45. The maximum Gasteiger partial charge on any atom is 0.306 e. The highest BCUT2D eigenvalue weighted by molar-refractivity contribution is 5.98. The van der Waals surface area contributed by atoms with Crippen molar-refractivity contribution in [3.05, 3.63) is 60.2 Å². The van der Waals surface area contributed by atoms with Crippen molar-refractivity contribution in [2.24, 2.45) is 0 Å². The summed E-state index contributed by atoms with van der Waals surface area (Å²) in [5.41, 5.74) is 4.52. The van der Waals surface area contributed by atoms with Crippen LogP contribution in [0.3, 0.4) is 0 Å². The quantitative estimate of drug-likeness (QED) is 0.805. The number of hydrogen-bond acceptors (Lipinski definition) is 2. The van der Waals surface area contributed by atoms with Crippen LogP contribution < -0.4 is 10.1 Å². The number of nitrogens with one attached hydrogen (secondary N) is 1. The minimum atomic E-state index is -0.174. The zero-order chi connectivity index (χ0) is 12.1. The fourth-order valence-electron chi connectivity index (χ4n) is 1.45. The zero-order valence-corrected chi connectivity index (χ0v) is 9.63. The Hall–Kier alpha value is -2.23. The lowest BCUT2D eigenvalue weighted by molar-refractivity contribution is -0.641. The van der Waals surface area contributed by atoms with Gasteiger partial charge < -0.3 is 0 Å². The van der Waals surface area contributed by atoms with E-state index in [-0.39, 0.29) is 5.91 Å². The van der Waals surface area contributed by atoms with E-state index in [2.05, 4.69) is 17.3 Å². The first-order valence-corrected chi connectivity index (χ1v) is 5.51. The molecule has 2 rings (SSSR count). The summed E-state index contributed by atoms with van der Waals surface area (Å²) in [5, 5.41) is 0. The van der Waals surface area contributed by atoms with Gasteiger partial charge in [0.15, 0.2) is 12.4 Å². The summed E-state index contributed by atoms with van der Waals surface area (Å²) in [6, 6.07) is 7.41. The van der Waals surface area contributed by atoms with Gasteiger partial charge in [-0.2, -0.15) is 0 Å². The summed E-state index contributed by atoms with van der Waals surface area (Å²) >= 11 is 0. The predicted octanol–water partition coefficient (Wildman–Crippen LogP) is 1.32. The van der Waals surface area contributed by atoms with Crippen LogP contribution in [0.4, 0.5) is 0 Å². The second kappa shape index (κ2) is 5.21. The average Bonchev–Trinajstić information content (AvgIpc) is 2.40. The van der Waals surface area contributed by atoms with Crippen molar-refractivity contribution in [3.8, 4) is 0 Å². The summed E-state index contributed by atoms with van der Waals surface area (Å²) in [6.07, 6.45) is 7.81. The third-order valence-corrected chi connectivity index (χ3v) is 2.46. The van der Waals surface area contributed by atoms with Gasteiger partial charge in [-0.15, -0.1) is 5.43 Å². The number of rotatable bonds is 3. The van der Waals surface area contributed by atoms with Gasteiger partial charge in [-0.1, -0.05) is 11.6 Å². The number of amides is 1. The highest BCUT2D eigenvalue weighted by Gasteiger charge is 2.09. The third kappa shape index (κ3) is 2.87. The van der Waals surface area contributed by atoms with Crippen molar-refractivity contribution in [1.29, 1.82) is 0 Å². The maximum atomic E-state index is 11.8. The zero-order valence-electron chi connectivity index (χ0n) is 9.63. The van der Waals surface area contributed by atoms with Crippen molar-refractivity contribution in [1.82, 2.24) is 4.98 Å². The lowest BCUT2D eigenvalue weighted by Crippen LogP contribution is -2.47. The summed E-state index contributed by atoms with van der Waals surface area (Å²) < 4.78 is 1.63. The number of nitrogens with zero attached hydrogens (tertiary/aromatic N) is 2. The number of aromatic nitrogens is 2. The van der Waals surface area contributed by atoms with Crippen molar-refractivity contribution in [3.63, 3.8) is 0 Å². The summed E-state index contributed by atoms with van der Waals surface area (Å²) in [4.78, 5) is 15.7. The molecule has 86 valence electrons. The van der Waals surface area contributed by atoms with Crippen molar-refractivity contribution in [2.75, 3.05) is 5.43 Å². The lowest BCUT2D eigenvalue weighted by atomic mass is 10.2. The molecule has 2 aromatic rings. The molecule has 4 nitrogen and oxygen atoms in total. The molecule has 0 fully saturated rings. The van der Waals surface area contributed by atoms with Crippen molar-refractivity contribution >= 4 is 5.91 Å². The predicted molar refractivity (Wildman–Crippen MR) is 63.9 cm³/mol. The molecule has 0 radical (unpaired) electrons. The average molecular weight is 228 g/mol. The topological polar surface area (TPSA) is 45.9 Å². The summed E-state index contributed by atoms with van der Waals surface area (Å²) in [7, 11) is 0. The molecule has 2 aromatic heterocycles. The SMILES string of the molecule is CCc1cc[n+](NC(=O)c2cccnc2)cc1. The highest BCUT2D eigenvalue weighted by atomic mass is 16.2. The van der Waals surface area contributed by atoms with Gasteiger partial charge in [0.25, 0.3) is 0 Å². The van der Waals surface area contributed by atoms with Gasteiger partial charge in [-0.05, 0) is 24.1 Å². The van der Waals surface area contributed by atoms with E-state index in [0.29, 0.717) is 5.56 Å². The van der Waals surface area contributed by atoms with Crippen LogP contribution in [0, 0.1) is 0 Å². The van der Waals surface area contributed by atoms with E-state index in [0.717, 1.165) is 6.42 Å². The minimum absolute atomic E-state index is 0.174. The summed E-state index contributed by atoms with van der Waals surface area (Å²) in [5.74, 6) is -0.174. The Bertz CT molecular complexity index is 494. The first-order valence-electron chi connectivity index (χ1n) is 5.51. The van der Waals surface area contributed by atoms with Gasteiger partial charge in [-0.3, -0.25) is 9.78 Å². The van der Waals surface area contributed by atoms with Crippen LogP contribution >= 0.6 is 0 Å². The minimum Gasteiger partial charge on any atom is -0.264 e. The van der Waals surface area contributed by atoms with Gasteiger partial charge in [0, 0.05) is 24.5 Å². The molecule has 1 amide bonds. The molecule has 0 unspecified atom stereocenters. The number of pyridine rings is 2. The molecule has 0 aliphatic rings. The number of aryl methyl sites for hydroxylation is 1. The Kier molecular flexibility index (Phi) is 3.45. The molecule has 0 atom stereocenters. The van der Waals surface area contributed by atoms with Gasteiger partial charge >= 0.3 is 5.91 Å². The lowest BCUT2D eigenvalue weighted by Gasteiger charge is -1.99. The van der Waals surface area contributed by atoms with E-state index in [1.54, 1.807) is 23.0 Å². The van der Waals surface area contributed by atoms with E-state index in [1.165, 1.54) is 11.8 Å². The molecule has 0 aliphatic carbocycles. The molecular formula is C13H14N3O+. The molecule has 1 N–H and O–H groups in total. The molecule has 0 bridgehead atoms. The van der Waals surface area contributed by atoms with E-state index < -0.39 is 0 Å². The molecule has 0 spiro atoms. The normalized spacial score (nSPS) is 9.94. The first-order chi connectivity index (χ1) is 8.29. The van der Waals surface area contributed by atoms with Gasteiger partial charge in [-0.25, -0.2) is 0 Å². The number of carbonyl (C=O) groups excluding carboxylic acids is 1. The van der Waals surface area contributed by atoms with Crippen LogP contribution in [-0.2, 0) is 6.42 Å². The monoisotopic (exact) mass is 228 g/mol. The smallest absolute Gasteiger partial charge is 0.264 e. The van der Waals surface area contributed by atoms with Crippen LogP contribution in [0.2, 0.25) is 0 Å². The molecule has 0 aromatic carbocycles. The first kappa shape index (κ1) is 11.3. The number of hydrogen-bond donors (Lipinski definition) is 1. The Morgan fingerprint density at radius 3 is 2.71 bits per heavy atom. The summed E-state index contributed by atoms with van der Waals surface area (Å²) in [6.45, 7) is 2.09. The van der Waals surface area contributed by atoms with Crippen molar-refractivity contribution in [2.45, 2.75) is 13.3 Å². The van der Waals surface area contributed by atoms with Gasteiger partial charge in [0.2, 0.25) is 0 Å². The third-order valence-electron chi connectivity index (χ3n) is 2.46. The molecule has 4 heteroatoms. The maximum absolute atomic E-state index is 11.8. The van der Waals surface area contributed by atoms with E-state index in [4.69, 9.17) is 0 Å². The van der Waals surface area contributed by atoms with Crippen molar-refractivity contribution < 1.29 is 9.47 Å². The van der Waals surface area contributed by atoms with Crippen LogP contribution in [-0.4, -0.2) is 10.9 Å². The number of carbonyl (C=O) groups is 1. The van der Waals surface area contributed by atoms with E-state index in [1.807, 2.05) is 24.5 Å². The molecule has 0 saturated heterocycles. The molecule has 0 aliphatic heterocycles. The van der Waals surface area contributed by atoms with Crippen LogP contribution in [0.5, 0.6) is 0 Å². The Labute approximate surface area is 99.9 Å². The van der Waals surface area contributed by atoms with Crippen LogP contribution in [0.1, 0.15) is 22.8 Å². The van der Waals surface area contributed by atoms with Crippen LogP contribution in [0.15, 0.2) is 49.1 Å².